The molecule has 0 aliphatic heterocycles. The Morgan fingerprint density at radius 3 is 1.77 bits per heavy atom. The van der Waals surface area contributed by atoms with E-state index in [1.54, 1.807) is 0 Å². The van der Waals surface area contributed by atoms with Crippen LogP contribution in [0.15, 0.2) is 12.2 Å². The van der Waals surface area contributed by atoms with Crippen LogP contribution < -0.4 is 0 Å². The molecule has 0 aromatic heterocycles. The first-order valence-electron chi connectivity index (χ1n) is 7.96. The molecule has 3 unspecified atom stereocenters. The average Bonchev–Trinajstić information content (AvgIpc) is 3.06. The van der Waals surface area contributed by atoms with E-state index in [0.717, 1.165) is 12.8 Å². The Labute approximate surface area is 147 Å². The van der Waals surface area contributed by atoms with Crippen molar-refractivity contribution >= 4 is 19.7 Å². The highest BCUT2D eigenvalue weighted by molar-refractivity contribution is 8.09. The molecule has 0 amide bonds. The molecular formula is C14H18F6O4S2. The van der Waals surface area contributed by atoms with Crippen molar-refractivity contribution in [3.05, 3.63) is 12.2 Å². The van der Waals surface area contributed by atoms with Gasteiger partial charge in [0.05, 0.1) is 0 Å². The van der Waals surface area contributed by atoms with Crippen molar-refractivity contribution in [1.29, 1.82) is 0 Å². The van der Waals surface area contributed by atoms with Crippen LogP contribution in [0.3, 0.4) is 0 Å². The van der Waals surface area contributed by atoms with Crippen LogP contribution in [0, 0.1) is 17.8 Å². The maximum absolute atomic E-state index is 12.6. The standard InChI is InChI=1S/C14H18F6O4S2/c15-13(16,17)25(21,22)12(26(23,24)14(18,19)20)4-2-1-3-10-7-9-5-6-11(10)8-9/h5-6,9-12H,1-4,7-8H2. The molecule has 0 spiro atoms. The predicted molar refractivity (Wildman–Crippen MR) is 81.0 cm³/mol. The number of rotatable bonds is 7. The minimum Gasteiger partial charge on any atom is -0.218 e. The Morgan fingerprint density at radius 2 is 1.38 bits per heavy atom. The van der Waals surface area contributed by atoms with E-state index in [1.165, 1.54) is 0 Å². The van der Waals surface area contributed by atoms with Crippen LogP contribution in [0.1, 0.15) is 38.5 Å². The number of hydrogen-bond acceptors (Lipinski definition) is 4. The molecule has 0 aromatic rings. The highest BCUT2D eigenvalue weighted by atomic mass is 32.3. The SMILES string of the molecule is O=S(=O)(C(CCCCC1CC2C=CC1C2)S(=O)(=O)C(F)(F)F)C(F)(F)F. The third-order valence-corrected chi connectivity index (χ3v) is 9.68. The summed E-state index contributed by atoms with van der Waals surface area (Å²) in [6.07, 6.45) is 5.04. The number of fused-ring (bicyclic) bond motifs is 2. The van der Waals surface area contributed by atoms with Gasteiger partial charge in [0.25, 0.3) is 19.7 Å². The van der Waals surface area contributed by atoms with Gasteiger partial charge < -0.3 is 0 Å². The first kappa shape index (κ1) is 21.5. The fourth-order valence-corrected chi connectivity index (χ4v) is 7.26. The van der Waals surface area contributed by atoms with Crippen molar-refractivity contribution in [2.45, 2.75) is 54.1 Å². The van der Waals surface area contributed by atoms with Crippen LogP contribution in [0.4, 0.5) is 26.3 Å². The van der Waals surface area contributed by atoms with E-state index < -0.39 is 41.7 Å². The molecule has 0 saturated heterocycles. The molecule has 2 aliphatic rings. The Morgan fingerprint density at radius 1 is 0.846 bits per heavy atom. The average molecular weight is 428 g/mol. The van der Waals surface area contributed by atoms with Gasteiger partial charge in [-0.2, -0.15) is 26.3 Å². The van der Waals surface area contributed by atoms with Crippen molar-refractivity contribution in [3.8, 4) is 0 Å². The van der Waals surface area contributed by atoms with Gasteiger partial charge in [0.2, 0.25) is 0 Å². The molecule has 0 heterocycles. The number of sulfone groups is 2. The maximum Gasteiger partial charge on any atom is 0.498 e. The molecule has 0 aromatic carbocycles. The van der Waals surface area contributed by atoms with Crippen molar-refractivity contribution in [2.24, 2.45) is 17.8 Å². The summed E-state index contributed by atoms with van der Waals surface area (Å²) in [4.78, 5) is 0. The molecule has 152 valence electrons. The second kappa shape index (κ2) is 6.99. The molecule has 0 radical (unpaired) electrons. The molecule has 2 aliphatic carbocycles. The zero-order chi connectivity index (χ0) is 20.0. The number of alkyl halides is 6. The molecule has 2 rings (SSSR count). The summed E-state index contributed by atoms with van der Waals surface area (Å²) >= 11 is 0. The molecule has 1 fully saturated rings. The van der Waals surface area contributed by atoms with Crippen molar-refractivity contribution < 1.29 is 43.2 Å². The molecule has 0 N–H and O–H groups in total. The van der Waals surface area contributed by atoms with Crippen LogP contribution in [0.25, 0.3) is 0 Å². The number of halogens is 6. The summed E-state index contributed by atoms with van der Waals surface area (Å²) in [5, 5.41) is 0. The molecular weight excluding hydrogens is 410 g/mol. The van der Waals surface area contributed by atoms with E-state index in [4.69, 9.17) is 0 Å². The molecule has 26 heavy (non-hydrogen) atoms. The topological polar surface area (TPSA) is 68.3 Å². The Kier molecular flexibility index (Phi) is 5.79. The number of unbranched alkanes of at least 4 members (excludes halogenated alkanes) is 1. The smallest absolute Gasteiger partial charge is 0.218 e. The first-order chi connectivity index (χ1) is 11.7. The Balaban J connectivity index is 2.06. The van der Waals surface area contributed by atoms with Gasteiger partial charge in [0.15, 0.2) is 4.58 Å². The van der Waals surface area contributed by atoms with Gasteiger partial charge >= 0.3 is 11.0 Å². The lowest BCUT2D eigenvalue weighted by molar-refractivity contribution is -0.0472. The predicted octanol–water partition coefficient (Wildman–Crippen LogP) is 3.95. The third kappa shape index (κ3) is 4.05. The van der Waals surface area contributed by atoms with E-state index >= 15 is 0 Å². The van der Waals surface area contributed by atoms with Gasteiger partial charge in [-0.1, -0.05) is 25.0 Å². The van der Waals surface area contributed by atoms with Gasteiger partial charge in [0, 0.05) is 0 Å². The lowest BCUT2D eigenvalue weighted by atomic mass is 9.89. The fraction of sp³-hybridized carbons (Fsp3) is 0.857. The second-order valence-corrected chi connectivity index (χ2v) is 11.3. The largest absolute Gasteiger partial charge is 0.498 e. The summed E-state index contributed by atoms with van der Waals surface area (Å²) in [5.41, 5.74) is -12.2. The van der Waals surface area contributed by atoms with E-state index in [-0.39, 0.29) is 18.8 Å². The normalized spacial score (nSPS) is 26.8. The van der Waals surface area contributed by atoms with Crippen molar-refractivity contribution in [3.63, 3.8) is 0 Å². The van der Waals surface area contributed by atoms with Gasteiger partial charge in [-0.15, -0.1) is 0 Å². The fourth-order valence-electron chi connectivity index (χ4n) is 3.72. The van der Waals surface area contributed by atoms with Crippen molar-refractivity contribution in [2.75, 3.05) is 0 Å². The quantitative estimate of drug-likeness (QED) is 0.350. The van der Waals surface area contributed by atoms with Crippen LogP contribution in [0.2, 0.25) is 0 Å². The van der Waals surface area contributed by atoms with E-state index in [0.29, 0.717) is 18.3 Å². The van der Waals surface area contributed by atoms with Gasteiger partial charge in [-0.25, -0.2) is 16.8 Å². The lowest BCUT2D eigenvalue weighted by Crippen LogP contribution is -2.44. The molecule has 3 atom stereocenters. The van der Waals surface area contributed by atoms with Crippen molar-refractivity contribution in [1.82, 2.24) is 0 Å². The lowest BCUT2D eigenvalue weighted by Gasteiger charge is -2.22. The highest BCUT2D eigenvalue weighted by Gasteiger charge is 2.62. The Hall–Kier alpha value is -0.780. The molecule has 12 heteroatoms. The molecule has 4 nitrogen and oxygen atoms in total. The molecule has 2 bridgehead atoms. The van der Waals surface area contributed by atoms with E-state index in [1.807, 2.05) is 6.08 Å². The van der Waals surface area contributed by atoms with Crippen LogP contribution in [0.5, 0.6) is 0 Å². The highest BCUT2D eigenvalue weighted by Crippen LogP contribution is 2.46. The summed E-state index contributed by atoms with van der Waals surface area (Å²) in [6, 6.07) is 0. The maximum atomic E-state index is 12.6. The van der Waals surface area contributed by atoms with E-state index in [9.17, 15) is 43.2 Å². The van der Waals surface area contributed by atoms with E-state index in [2.05, 4.69) is 6.08 Å². The van der Waals surface area contributed by atoms with Crippen LogP contribution in [-0.4, -0.2) is 32.4 Å². The van der Waals surface area contributed by atoms with Crippen LogP contribution >= 0.6 is 0 Å². The van der Waals surface area contributed by atoms with Gasteiger partial charge in [0.1, 0.15) is 0 Å². The summed E-state index contributed by atoms with van der Waals surface area (Å²) in [5.74, 6) is 1.02. The number of allylic oxidation sites excluding steroid dienone is 2. The van der Waals surface area contributed by atoms with Gasteiger partial charge in [-0.3, -0.25) is 0 Å². The summed E-state index contributed by atoms with van der Waals surface area (Å²) in [7, 11) is -13.0. The minimum atomic E-state index is -6.51. The minimum absolute atomic E-state index is 0.166. The third-order valence-electron chi connectivity index (χ3n) is 5.02. The second-order valence-electron chi connectivity index (χ2n) is 6.74. The van der Waals surface area contributed by atoms with Gasteiger partial charge in [-0.05, 0) is 43.4 Å². The Bertz CT molecular complexity index is 707. The summed E-state index contributed by atoms with van der Waals surface area (Å²) < 4.78 is 118. The molecule has 1 saturated carbocycles. The first-order valence-corrected chi connectivity index (χ1v) is 11.1. The monoisotopic (exact) mass is 428 g/mol. The zero-order valence-electron chi connectivity index (χ0n) is 13.4. The number of hydrogen-bond donors (Lipinski definition) is 0. The zero-order valence-corrected chi connectivity index (χ0v) is 15.1. The summed E-state index contributed by atoms with van der Waals surface area (Å²) in [6.45, 7) is 0. The van der Waals surface area contributed by atoms with Crippen LogP contribution in [-0.2, 0) is 19.7 Å².